The molecule has 0 saturated heterocycles. The van der Waals surface area contributed by atoms with E-state index in [1.54, 1.807) is 12.4 Å². The van der Waals surface area contributed by atoms with E-state index in [1.165, 1.54) is 12.4 Å². The van der Waals surface area contributed by atoms with E-state index in [2.05, 4.69) is 19.9 Å². The SMILES string of the molecule is [2H]c1cnc(-n2c3cc(Oc4cccc(-c5ccccn5)c4)ccc3c3ccc(Oc4cccc(-c5ccccn5)c4)cc32)nc1. The average molecular weight is 585 g/mol. The first-order valence-corrected chi connectivity index (χ1v) is 14.4. The molecule has 0 aliphatic heterocycles. The fraction of sp³-hybridized carbons (Fsp3) is 0. The lowest BCUT2D eigenvalue weighted by Gasteiger charge is -2.10. The molecule has 0 atom stereocenters. The van der Waals surface area contributed by atoms with Crippen LogP contribution in [0.15, 0.2) is 152 Å². The van der Waals surface area contributed by atoms with E-state index in [-0.39, 0.29) is 6.04 Å². The Morgan fingerprint density at radius 3 is 1.47 bits per heavy atom. The second-order valence-corrected chi connectivity index (χ2v) is 10.4. The van der Waals surface area contributed by atoms with E-state index in [9.17, 15) is 0 Å². The number of hydrogen-bond donors (Lipinski definition) is 0. The van der Waals surface area contributed by atoms with Crippen molar-refractivity contribution in [1.29, 1.82) is 0 Å². The van der Waals surface area contributed by atoms with E-state index in [0.29, 0.717) is 28.9 Å². The summed E-state index contributed by atoms with van der Waals surface area (Å²) in [6, 6.07) is 39.6. The number of benzene rings is 4. The molecule has 0 amide bonds. The highest BCUT2D eigenvalue weighted by Crippen LogP contribution is 2.37. The quantitative estimate of drug-likeness (QED) is 0.186. The molecule has 0 aliphatic carbocycles. The van der Waals surface area contributed by atoms with Gasteiger partial charge in [0.05, 0.1) is 23.8 Å². The van der Waals surface area contributed by atoms with Crippen LogP contribution in [0.2, 0.25) is 0 Å². The van der Waals surface area contributed by atoms with E-state index in [1.807, 2.05) is 126 Å². The first-order chi connectivity index (χ1) is 22.7. The van der Waals surface area contributed by atoms with Crippen molar-refractivity contribution in [1.82, 2.24) is 24.5 Å². The summed E-state index contributed by atoms with van der Waals surface area (Å²) in [5.41, 5.74) is 5.41. The highest BCUT2D eigenvalue weighted by atomic mass is 16.5. The lowest BCUT2D eigenvalue weighted by molar-refractivity contribution is 0.483. The summed E-state index contributed by atoms with van der Waals surface area (Å²) >= 11 is 0. The molecule has 0 fully saturated rings. The number of ether oxygens (including phenoxy) is 2. The molecule has 4 aromatic carbocycles. The number of fused-ring (bicyclic) bond motifs is 3. The molecule has 214 valence electrons. The Morgan fingerprint density at radius 2 is 0.978 bits per heavy atom. The molecule has 0 unspecified atom stereocenters. The molecule has 8 aromatic rings. The van der Waals surface area contributed by atoms with Crippen molar-refractivity contribution >= 4 is 21.8 Å². The number of pyridine rings is 2. The van der Waals surface area contributed by atoms with E-state index in [4.69, 9.17) is 10.8 Å². The fourth-order valence-corrected chi connectivity index (χ4v) is 5.47. The van der Waals surface area contributed by atoms with Crippen molar-refractivity contribution in [2.75, 3.05) is 0 Å². The summed E-state index contributed by atoms with van der Waals surface area (Å²) < 4.78 is 22.6. The molecule has 7 nitrogen and oxygen atoms in total. The van der Waals surface area contributed by atoms with Gasteiger partial charge in [0.25, 0.3) is 0 Å². The molecule has 8 rings (SSSR count). The summed E-state index contributed by atoms with van der Waals surface area (Å²) in [4.78, 5) is 17.9. The van der Waals surface area contributed by atoms with Gasteiger partial charge in [-0.2, -0.15) is 0 Å². The number of nitrogens with zero attached hydrogens (tertiary/aromatic N) is 5. The molecule has 0 N–H and O–H groups in total. The lowest BCUT2D eigenvalue weighted by atomic mass is 10.1. The molecule has 0 spiro atoms. The summed E-state index contributed by atoms with van der Waals surface area (Å²) in [5, 5.41) is 2.01. The van der Waals surface area contributed by atoms with Gasteiger partial charge in [0, 0.05) is 58.8 Å². The maximum atomic E-state index is 7.94. The van der Waals surface area contributed by atoms with Gasteiger partial charge in [-0.25, -0.2) is 9.97 Å². The van der Waals surface area contributed by atoms with Crippen LogP contribution in [0, 0.1) is 0 Å². The lowest BCUT2D eigenvalue weighted by Crippen LogP contribution is -2.00. The molecular weight excluding hydrogens is 558 g/mol. The summed E-state index contributed by atoms with van der Waals surface area (Å²) in [7, 11) is 0. The predicted octanol–water partition coefficient (Wildman–Crippen LogP) is 9.28. The standard InChI is InChI=1S/C38H25N5O2/c1-3-18-39-34(12-1)26-8-5-10-28(22-26)44-30-14-16-32-33-17-15-31(25-37(33)43(36(32)24-30)38-41-20-7-21-42-38)45-29-11-6-9-27(23-29)35-13-2-4-19-40-35/h1-25H/i7D. The average Bonchev–Trinajstić information content (AvgIpc) is 3.42. The molecule has 4 aromatic heterocycles. The normalized spacial score (nSPS) is 11.4. The molecule has 0 saturated carbocycles. The number of aromatic nitrogens is 5. The van der Waals surface area contributed by atoms with Crippen LogP contribution in [-0.4, -0.2) is 24.5 Å². The van der Waals surface area contributed by atoms with Gasteiger partial charge in [-0.3, -0.25) is 14.5 Å². The van der Waals surface area contributed by atoms with Crippen molar-refractivity contribution in [3.8, 4) is 51.5 Å². The van der Waals surface area contributed by atoms with Crippen LogP contribution in [0.4, 0.5) is 0 Å². The predicted molar refractivity (Wildman–Crippen MR) is 176 cm³/mol. The van der Waals surface area contributed by atoms with Crippen LogP contribution in [0.3, 0.4) is 0 Å². The van der Waals surface area contributed by atoms with Crippen LogP contribution in [-0.2, 0) is 0 Å². The zero-order chi connectivity index (χ0) is 30.9. The number of rotatable bonds is 7. The molecule has 7 heteroatoms. The van der Waals surface area contributed by atoms with Crippen LogP contribution < -0.4 is 9.47 Å². The minimum absolute atomic E-state index is 0.234. The smallest absolute Gasteiger partial charge is 0.234 e. The van der Waals surface area contributed by atoms with Gasteiger partial charge < -0.3 is 9.47 Å². The highest BCUT2D eigenvalue weighted by molar-refractivity contribution is 6.09. The van der Waals surface area contributed by atoms with E-state index in [0.717, 1.165) is 44.3 Å². The second-order valence-electron chi connectivity index (χ2n) is 10.4. The molecule has 45 heavy (non-hydrogen) atoms. The third-order valence-electron chi connectivity index (χ3n) is 7.48. The Balaban J connectivity index is 1.20. The first kappa shape index (κ1) is 25.2. The Bertz CT molecular complexity index is 2180. The van der Waals surface area contributed by atoms with Crippen molar-refractivity contribution in [2.45, 2.75) is 0 Å². The fourth-order valence-electron chi connectivity index (χ4n) is 5.47. The maximum Gasteiger partial charge on any atom is 0.234 e. The summed E-state index contributed by atoms with van der Waals surface area (Å²) in [6.07, 6.45) is 6.54. The van der Waals surface area contributed by atoms with Gasteiger partial charge >= 0.3 is 0 Å². The Labute approximate surface area is 260 Å². The van der Waals surface area contributed by atoms with E-state index < -0.39 is 0 Å². The summed E-state index contributed by atoms with van der Waals surface area (Å²) in [5.74, 6) is 3.16. The molecule has 4 heterocycles. The second kappa shape index (κ2) is 11.4. The van der Waals surface area contributed by atoms with Crippen molar-refractivity contribution in [3.05, 3.63) is 152 Å². The molecule has 0 radical (unpaired) electrons. The van der Waals surface area contributed by atoms with Crippen LogP contribution in [0.25, 0.3) is 50.3 Å². The third kappa shape index (κ3) is 5.23. The maximum absolute atomic E-state index is 7.94. The van der Waals surface area contributed by atoms with Crippen LogP contribution in [0.5, 0.6) is 23.0 Å². The Hall–Kier alpha value is -6.34. The Kier molecular flexibility index (Phi) is 6.37. The van der Waals surface area contributed by atoms with Crippen molar-refractivity contribution in [3.63, 3.8) is 0 Å². The molecular formula is C38H25N5O2. The van der Waals surface area contributed by atoms with Gasteiger partial charge in [-0.1, -0.05) is 36.4 Å². The molecule has 0 aliphatic rings. The third-order valence-corrected chi connectivity index (χ3v) is 7.48. The van der Waals surface area contributed by atoms with Gasteiger partial charge in [-0.05, 0) is 78.8 Å². The van der Waals surface area contributed by atoms with Gasteiger partial charge in [0.2, 0.25) is 5.95 Å². The van der Waals surface area contributed by atoms with E-state index >= 15 is 0 Å². The van der Waals surface area contributed by atoms with Crippen molar-refractivity contribution in [2.24, 2.45) is 0 Å². The minimum atomic E-state index is 0.234. The monoisotopic (exact) mass is 584 g/mol. The molecule has 0 bridgehead atoms. The Morgan fingerprint density at radius 1 is 0.467 bits per heavy atom. The van der Waals surface area contributed by atoms with Gasteiger partial charge in [-0.15, -0.1) is 0 Å². The first-order valence-electron chi connectivity index (χ1n) is 14.9. The van der Waals surface area contributed by atoms with Gasteiger partial charge in [0.15, 0.2) is 0 Å². The number of hydrogen-bond acceptors (Lipinski definition) is 6. The van der Waals surface area contributed by atoms with Crippen LogP contribution in [0.1, 0.15) is 1.37 Å². The highest BCUT2D eigenvalue weighted by Gasteiger charge is 2.16. The zero-order valence-electron chi connectivity index (χ0n) is 24.9. The minimum Gasteiger partial charge on any atom is -0.457 e. The van der Waals surface area contributed by atoms with Crippen LogP contribution >= 0.6 is 0 Å². The van der Waals surface area contributed by atoms with Crippen molar-refractivity contribution < 1.29 is 10.8 Å². The largest absolute Gasteiger partial charge is 0.457 e. The summed E-state index contributed by atoms with van der Waals surface area (Å²) in [6.45, 7) is 0. The van der Waals surface area contributed by atoms with Gasteiger partial charge in [0.1, 0.15) is 23.0 Å². The topological polar surface area (TPSA) is 75.0 Å². The zero-order valence-corrected chi connectivity index (χ0v) is 23.9.